The smallest absolute Gasteiger partial charge is 0.280 e. The van der Waals surface area contributed by atoms with E-state index in [0.29, 0.717) is 20.4 Å². The van der Waals surface area contributed by atoms with Crippen molar-refractivity contribution in [2.75, 3.05) is 11.2 Å². The van der Waals surface area contributed by atoms with E-state index in [4.69, 9.17) is 11.6 Å². The Labute approximate surface area is 177 Å². The molecule has 0 aliphatic rings. The number of anilines is 1. The highest BCUT2D eigenvalue weighted by Crippen LogP contribution is 2.30. The van der Waals surface area contributed by atoms with Crippen LogP contribution in [0.2, 0.25) is 5.02 Å². The summed E-state index contributed by atoms with van der Waals surface area (Å²) < 4.78 is 27.3. The highest BCUT2D eigenvalue weighted by Gasteiger charge is 2.18. The molecule has 1 N–H and O–H groups in total. The molecule has 0 aliphatic heterocycles. The van der Waals surface area contributed by atoms with Crippen LogP contribution in [-0.4, -0.2) is 23.8 Å². The van der Waals surface area contributed by atoms with Crippen molar-refractivity contribution < 1.29 is 8.42 Å². The summed E-state index contributed by atoms with van der Waals surface area (Å²) in [6.45, 7) is 3.45. The molecule has 0 bridgehead atoms. The van der Waals surface area contributed by atoms with E-state index >= 15 is 0 Å². The average Bonchev–Trinajstić information content (AvgIpc) is 2.62. The van der Waals surface area contributed by atoms with Crippen LogP contribution < -0.4 is 11.0 Å². The van der Waals surface area contributed by atoms with E-state index in [1.807, 2.05) is 6.92 Å². The molecule has 0 radical (unpaired) electrons. The van der Waals surface area contributed by atoms with E-state index in [1.165, 1.54) is 24.5 Å². The summed E-state index contributed by atoms with van der Waals surface area (Å²) in [6, 6.07) is 6.06. The molecule has 0 aliphatic carbocycles. The molecule has 1 heterocycles. The van der Waals surface area contributed by atoms with Gasteiger partial charge in [0, 0.05) is 14.0 Å². The quantitative estimate of drug-likeness (QED) is 0.530. The molecule has 0 saturated heterocycles. The summed E-state index contributed by atoms with van der Waals surface area (Å²) >= 11 is 12.9. The van der Waals surface area contributed by atoms with Crippen LogP contribution in [0, 0.1) is 6.92 Å². The van der Waals surface area contributed by atoms with E-state index in [-0.39, 0.29) is 21.9 Å². The first-order valence-electron chi connectivity index (χ1n) is 7.81. The van der Waals surface area contributed by atoms with Crippen LogP contribution in [0.1, 0.15) is 12.5 Å². The Balaban J connectivity index is 2.19. The van der Waals surface area contributed by atoms with Crippen molar-refractivity contribution in [2.45, 2.75) is 18.7 Å². The van der Waals surface area contributed by atoms with Gasteiger partial charge in [-0.2, -0.15) is 0 Å². The van der Waals surface area contributed by atoms with Gasteiger partial charge in [0.25, 0.3) is 5.56 Å². The zero-order valence-corrected chi connectivity index (χ0v) is 19.0. The van der Waals surface area contributed by atoms with Crippen molar-refractivity contribution in [1.29, 1.82) is 0 Å². The van der Waals surface area contributed by atoms with Crippen LogP contribution in [-0.2, 0) is 9.84 Å². The Morgan fingerprint density at radius 2 is 1.96 bits per heavy atom. The molecule has 0 saturated carbocycles. The summed E-state index contributed by atoms with van der Waals surface area (Å²) in [5, 5.41) is 0.715. The van der Waals surface area contributed by atoms with Crippen molar-refractivity contribution in [3.05, 3.63) is 60.5 Å². The molecular formula is C17H14Br2ClN3O3S. The Hall–Kier alpha value is -1.42. The summed E-state index contributed by atoms with van der Waals surface area (Å²) in [7, 11) is -3.51. The summed E-state index contributed by atoms with van der Waals surface area (Å²) in [5.41, 5.74) is 4.09. The number of benzene rings is 2. The molecular weight excluding hydrogens is 522 g/mol. The monoisotopic (exact) mass is 533 g/mol. The second kappa shape index (κ2) is 7.54. The lowest BCUT2D eigenvalue weighted by Gasteiger charge is -2.15. The first-order chi connectivity index (χ1) is 12.7. The molecule has 0 fully saturated rings. The normalized spacial score (nSPS) is 11.7. The highest BCUT2D eigenvalue weighted by atomic mass is 79.9. The number of hydrogen-bond donors (Lipinski definition) is 1. The number of nitrogens with one attached hydrogen (secondary N) is 1. The molecule has 6 nitrogen and oxygen atoms in total. The number of rotatable bonds is 4. The number of sulfone groups is 1. The van der Waals surface area contributed by atoms with Gasteiger partial charge in [0.1, 0.15) is 6.33 Å². The fourth-order valence-electron chi connectivity index (χ4n) is 2.52. The van der Waals surface area contributed by atoms with Crippen molar-refractivity contribution in [3.63, 3.8) is 0 Å². The maximum atomic E-state index is 12.9. The molecule has 3 aromatic rings. The average molecular weight is 536 g/mol. The number of aromatic nitrogens is 2. The number of halogens is 3. The second-order valence-corrected chi connectivity index (χ2v) is 10.1. The first kappa shape index (κ1) is 20.3. The van der Waals surface area contributed by atoms with Crippen molar-refractivity contribution in [3.8, 4) is 0 Å². The molecule has 27 heavy (non-hydrogen) atoms. The van der Waals surface area contributed by atoms with Crippen LogP contribution in [0.5, 0.6) is 0 Å². The lowest BCUT2D eigenvalue weighted by molar-refractivity contribution is 0.597. The van der Waals surface area contributed by atoms with Gasteiger partial charge >= 0.3 is 0 Å². The van der Waals surface area contributed by atoms with Crippen LogP contribution in [0.3, 0.4) is 0 Å². The number of nitrogens with zero attached hydrogens (tertiary/aromatic N) is 2. The predicted octanol–water partition coefficient (Wildman–Crippen LogP) is 4.55. The summed E-state index contributed by atoms with van der Waals surface area (Å²) in [4.78, 5) is 17.3. The molecule has 0 unspecified atom stereocenters. The molecule has 3 rings (SSSR count). The van der Waals surface area contributed by atoms with Gasteiger partial charge in [-0.3, -0.25) is 10.2 Å². The lowest BCUT2D eigenvalue weighted by atomic mass is 10.2. The van der Waals surface area contributed by atoms with Gasteiger partial charge in [0.15, 0.2) is 9.84 Å². The molecule has 0 spiro atoms. The SMILES string of the molecule is CCS(=O)(=O)c1ccc(Cl)cc1Nn1cnc2c(Br)c(C)c(Br)cc2c1=O. The van der Waals surface area contributed by atoms with Crippen LogP contribution in [0.4, 0.5) is 5.69 Å². The van der Waals surface area contributed by atoms with Crippen molar-refractivity contribution in [1.82, 2.24) is 9.66 Å². The van der Waals surface area contributed by atoms with Gasteiger partial charge in [0.2, 0.25) is 0 Å². The standard InChI is InChI=1S/C17H14Br2ClN3O3S/c1-3-27(25,26)14-5-4-10(20)6-13(14)22-23-8-21-16-11(17(23)24)7-12(18)9(2)15(16)19/h4-8,22H,3H2,1-2H3. The van der Waals surface area contributed by atoms with Crippen LogP contribution in [0.15, 0.2) is 49.2 Å². The van der Waals surface area contributed by atoms with Gasteiger partial charge in [0.05, 0.1) is 27.2 Å². The van der Waals surface area contributed by atoms with Crippen molar-refractivity contribution >= 4 is 69.9 Å². The molecule has 0 atom stereocenters. The van der Waals surface area contributed by atoms with Gasteiger partial charge in [-0.1, -0.05) is 34.5 Å². The molecule has 2 aromatic carbocycles. The summed E-state index contributed by atoms with van der Waals surface area (Å²) in [6.07, 6.45) is 1.31. The van der Waals surface area contributed by atoms with Crippen LogP contribution >= 0.6 is 43.5 Å². The maximum Gasteiger partial charge on any atom is 0.280 e. The Morgan fingerprint density at radius 3 is 2.63 bits per heavy atom. The summed E-state index contributed by atoms with van der Waals surface area (Å²) in [5.74, 6) is -0.0760. The molecule has 0 amide bonds. The van der Waals surface area contributed by atoms with Gasteiger partial charge in [-0.15, -0.1) is 0 Å². The van der Waals surface area contributed by atoms with Crippen molar-refractivity contribution in [2.24, 2.45) is 0 Å². The number of hydrogen-bond acceptors (Lipinski definition) is 5. The largest absolute Gasteiger partial charge is 0.289 e. The van der Waals surface area contributed by atoms with E-state index in [1.54, 1.807) is 13.0 Å². The lowest BCUT2D eigenvalue weighted by Crippen LogP contribution is -2.27. The zero-order valence-electron chi connectivity index (χ0n) is 14.3. The minimum absolute atomic E-state index is 0.0627. The first-order valence-corrected chi connectivity index (χ1v) is 11.4. The Bertz CT molecular complexity index is 1230. The van der Waals surface area contributed by atoms with E-state index in [2.05, 4.69) is 42.3 Å². The third-order valence-electron chi connectivity index (χ3n) is 4.07. The van der Waals surface area contributed by atoms with E-state index in [0.717, 1.165) is 14.7 Å². The van der Waals surface area contributed by atoms with E-state index < -0.39 is 9.84 Å². The Kier molecular flexibility index (Phi) is 5.67. The Morgan fingerprint density at radius 1 is 1.26 bits per heavy atom. The number of fused-ring (bicyclic) bond motifs is 1. The van der Waals surface area contributed by atoms with E-state index in [9.17, 15) is 13.2 Å². The second-order valence-electron chi connectivity index (χ2n) is 5.77. The minimum Gasteiger partial charge on any atom is -0.289 e. The zero-order chi connectivity index (χ0) is 19.9. The predicted molar refractivity (Wildman–Crippen MR) is 114 cm³/mol. The highest BCUT2D eigenvalue weighted by molar-refractivity contribution is 9.11. The van der Waals surface area contributed by atoms with Crippen LogP contribution in [0.25, 0.3) is 10.9 Å². The third kappa shape index (κ3) is 3.78. The van der Waals surface area contributed by atoms with Gasteiger partial charge < -0.3 is 0 Å². The molecule has 1 aromatic heterocycles. The topological polar surface area (TPSA) is 81.1 Å². The maximum absolute atomic E-state index is 12.9. The molecule has 10 heteroatoms. The third-order valence-corrected chi connectivity index (χ3v) is 7.89. The molecule has 142 valence electrons. The van der Waals surface area contributed by atoms with Gasteiger partial charge in [-0.25, -0.2) is 18.1 Å². The van der Waals surface area contributed by atoms with Gasteiger partial charge in [-0.05, 0) is 52.7 Å². The minimum atomic E-state index is -3.51. The fraction of sp³-hybridized carbons (Fsp3) is 0.176. The fourth-order valence-corrected chi connectivity index (χ4v) is 4.94.